The normalized spacial score (nSPS) is 21.7. The van der Waals surface area contributed by atoms with E-state index < -0.39 is 24.3 Å². The Morgan fingerprint density at radius 2 is 1.63 bits per heavy atom. The van der Waals surface area contributed by atoms with E-state index in [2.05, 4.69) is 23.7 Å². The summed E-state index contributed by atoms with van der Waals surface area (Å²) in [6.45, 7) is 7.55. The molecule has 0 spiro atoms. The molecule has 2 aliphatic heterocycles. The minimum absolute atomic E-state index is 0.0234. The number of hydrogen-bond donors (Lipinski definition) is 2. The first kappa shape index (κ1) is 36.7. The van der Waals surface area contributed by atoms with Crippen LogP contribution >= 0.6 is 0 Å². The second-order valence-corrected chi connectivity index (χ2v) is 13.4. The van der Waals surface area contributed by atoms with Crippen molar-refractivity contribution in [2.45, 2.75) is 57.6 Å². The van der Waals surface area contributed by atoms with E-state index >= 15 is 0 Å². The van der Waals surface area contributed by atoms with Crippen LogP contribution in [0.25, 0.3) is 11.1 Å². The van der Waals surface area contributed by atoms with Crippen LogP contribution in [0.4, 0.5) is 4.79 Å². The van der Waals surface area contributed by atoms with E-state index in [0.717, 1.165) is 45.5 Å². The molecule has 2 aliphatic rings. The van der Waals surface area contributed by atoms with Gasteiger partial charge in [-0.2, -0.15) is 0 Å². The Morgan fingerprint density at radius 3 is 2.37 bits per heavy atom. The van der Waals surface area contributed by atoms with E-state index in [0.29, 0.717) is 6.54 Å². The maximum Gasteiger partial charge on any atom is 0.408 e. The average molecular weight is 704 g/mol. The van der Waals surface area contributed by atoms with Crippen molar-refractivity contribution in [1.29, 1.82) is 0 Å². The zero-order chi connectivity index (χ0) is 36.6. The van der Waals surface area contributed by atoms with Crippen LogP contribution in [-0.2, 0) is 43.6 Å². The molecule has 0 aliphatic carbocycles. The number of amides is 3. The van der Waals surface area contributed by atoms with Gasteiger partial charge in [-0.1, -0.05) is 104 Å². The smallest absolute Gasteiger partial charge is 0.408 e. The molecule has 0 bridgehead atoms. The van der Waals surface area contributed by atoms with Gasteiger partial charge >= 0.3 is 6.09 Å². The Labute approximate surface area is 304 Å². The second kappa shape index (κ2) is 16.9. The van der Waals surface area contributed by atoms with Crippen LogP contribution in [0.2, 0.25) is 0 Å². The fourth-order valence-corrected chi connectivity index (χ4v) is 6.70. The van der Waals surface area contributed by atoms with Crippen molar-refractivity contribution in [1.82, 2.24) is 15.1 Å². The molecule has 6 rings (SSSR count). The molecule has 2 heterocycles. The Bertz CT molecular complexity index is 1870. The summed E-state index contributed by atoms with van der Waals surface area (Å²) in [4.78, 5) is 41.9. The topological polar surface area (TPSA) is 118 Å². The minimum Gasteiger partial charge on any atom is -0.445 e. The Kier molecular flexibility index (Phi) is 11.9. The summed E-state index contributed by atoms with van der Waals surface area (Å²) in [7, 11) is 2.04. The number of aliphatic hydroxyl groups is 1. The molecule has 10 nitrogen and oxygen atoms in total. The van der Waals surface area contributed by atoms with Crippen LogP contribution in [0.5, 0.6) is 0 Å². The molecule has 0 saturated carbocycles. The largest absolute Gasteiger partial charge is 0.445 e. The molecular formula is C42H45N3O7. The van der Waals surface area contributed by atoms with Crippen LogP contribution in [0, 0.1) is 5.92 Å². The zero-order valence-electron chi connectivity index (χ0n) is 29.5. The summed E-state index contributed by atoms with van der Waals surface area (Å²) >= 11 is 0. The number of imide groups is 1. The van der Waals surface area contributed by atoms with E-state index in [9.17, 15) is 19.5 Å². The molecule has 2 saturated heterocycles. The maximum atomic E-state index is 13.2. The number of alkyl carbamates (subject to hydrolysis) is 1. The molecule has 5 atom stereocenters. The first-order valence-electron chi connectivity index (χ1n) is 17.5. The van der Waals surface area contributed by atoms with Crippen LogP contribution in [-0.4, -0.2) is 65.1 Å². The van der Waals surface area contributed by atoms with Crippen molar-refractivity contribution in [2.75, 3.05) is 20.1 Å². The van der Waals surface area contributed by atoms with Gasteiger partial charge in [-0.3, -0.25) is 14.5 Å². The predicted octanol–water partition coefficient (Wildman–Crippen LogP) is 6.31. The van der Waals surface area contributed by atoms with Gasteiger partial charge in [-0.25, -0.2) is 4.79 Å². The second-order valence-electron chi connectivity index (χ2n) is 13.4. The highest BCUT2D eigenvalue weighted by atomic mass is 16.7. The van der Waals surface area contributed by atoms with Crippen molar-refractivity contribution < 1.29 is 33.7 Å². The molecule has 52 heavy (non-hydrogen) atoms. The van der Waals surface area contributed by atoms with Gasteiger partial charge < -0.3 is 29.5 Å². The standard InChI is InChI=1S/C42H45N3O7/c1-4-20-44(3)25-37-28(2)39(32-18-16-29(26-46)17-19-32)52-41(51-37)35-15-9-14-34(22-35)33-13-8-12-31(21-33)24-45-38(47)23-36(40(45)48)43-42(49)50-27-30-10-6-5-7-11-30/h4-19,21-22,28,36-37,39,41,46H,1,20,23-27H2,2-3H3,(H,43,49)/t28-,36?,37+,39+,41+/m0/s1. The number of nitrogens with zero attached hydrogens (tertiary/aromatic N) is 2. The lowest BCUT2D eigenvalue weighted by atomic mass is 9.90. The molecule has 3 amide bonds. The highest BCUT2D eigenvalue weighted by molar-refractivity contribution is 6.06. The quantitative estimate of drug-likeness (QED) is 0.123. The minimum atomic E-state index is -0.981. The van der Waals surface area contributed by atoms with E-state index in [-0.39, 0.29) is 50.2 Å². The van der Waals surface area contributed by atoms with Gasteiger partial charge in [0.05, 0.1) is 31.8 Å². The first-order chi connectivity index (χ1) is 25.2. The highest BCUT2D eigenvalue weighted by Crippen LogP contribution is 2.42. The summed E-state index contributed by atoms with van der Waals surface area (Å²) in [5.41, 5.74) is 6.14. The van der Waals surface area contributed by atoms with Gasteiger partial charge in [0.2, 0.25) is 5.91 Å². The fourth-order valence-electron chi connectivity index (χ4n) is 6.70. The van der Waals surface area contributed by atoms with Gasteiger partial charge in [0.15, 0.2) is 6.29 Å². The number of carbonyl (C=O) groups is 3. The first-order valence-corrected chi connectivity index (χ1v) is 17.5. The summed E-state index contributed by atoms with van der Waals surface area (Å²) in [6.07, 6.45) is 0.00241. The third kappa shape index (κ3) is 8.83. The number of aliphatic hydroxyl groups excluding tert-OH is 1. The van der Waals surface area contributed by atoms with Gasteiger partial charge in [-0.15, -0.1) is 6.58 Å². The van der Waals surface area contributed by atoms with Crippen molar-refractivity contribution >= 4 is 17.9 Å². The molecule has 10 heteroatoms. The van der Waals surface area contributed by atoms with E-state index in [1.165, 1.54) is 4.90 Å². The number of nitrogens with one attached hydrogen (secondary N) is 1. The summed E-state index contributed by atoms with van der Waals surface area (Å²) in [5, 5.41) is 12.1. The van der Waals surface area contributed by atoms with Gasteiger partial charge in [-0.05, 0) is 52.6 Å². The lowest BCUT2D eigenvalue weighted by Crippen LogP contribution is -2.43. The molecule has 0 radical (unpaired) electrons. The Balaban J connectivity index is 1.15. The molecule has 270 valence electrons. The van der Waals surface area contributed by atoms with Gasteiger partial charge in [0.25, 0.3) is 5.91 Å². The van der Waals surface area contributed by atoms with Crippen LogP contribution in [0.1, 0.15) is 53.6 Å². The number of carbonyl (C=O) groups excluding carboxylic acids is 3. The monoisotopic (exact) mass is 703 g/mol. The molecule has 4 aromatic rings. The third-order valence-corrected chi connectivity index (χ3v) is 9.56. The third-order valence-electron chi connectivity index (χ3n) is 9.56. The summed E-state index contributed by atoms with van der Waals surface area (Å²) < 4.78 is 18.6. The number of hydrogen-bond acceptors (Lipinski definition) is 8. The molecule has 1 unspecified atom stereocenters. The van der Waals surface area contributed by atoms with Gasteiger partial charge in [0, 0.05) is 24.6 Å². The van der Waals surface area contributed by atoms with Crippen molar-refractivity contribution in [3.63, 3.8) is 0 Å². The summed E-state index contributed by atoms with van der Waals surface area (Å²) in [6, 6.07) is 31.8. The lowest BCUT2D eigenvalue weighted by molar-refractivity contribution is -0.275. The maximum absolute atomic E-state index is 13.2. The number of ether oxygens (including phenoxy) is 3. The Hall–Kier alpha value is -5.13. The van der Waals surface area contributed by atoms with E-state index in [1.54, 1.807) is 0 Å². The molecular weight excluding hydrogens is 658 g/mol. The highest BCUT2D eigenvalue weighted by Gasteiger charge is 2.40. The predicted molar refractivity (Wildman–Crippen MR) is 196 cm³/mol. The average Bonchev–Trinajstić information content (AvgIpc) is 3.42. The molecule has 2 fully saturated rings. The summed E-state index contributed by atoms with van der Waals surface area (Å²) in [5.74, 6) is -0.779. The van der Waals surface area contributed by atoms with Crippen molar-refractivity contribution in [3.05, 3.63) is 144 Å². The van der Waals surface area contributed by atoms with Gasteiger partial charge in [0.1, 0.15) is 12.6 Å². The lowest BCUT2D eigenvalue weighted by Gasteiger charge is -2.42. The molecule has 2 N–H and O–H groups in total. The Morgan fingerprint density at radius 1 is 0.923 bits per heavy atom. The van der Waals surface area contributed by atoms with Crippen molar-refractivity contribution in [3.8, 4) is 11.1 Å². The van der Waals surface area contributed by atoms with Crippen LogP contribution < -0.4 is 5.32 Å². The number of likely N-dealkylation sites (N-methyl/N-ethyl adjacent to an activating group) is 1. The number of benzene rings is 4. The SMILES string of the molecule is C=CCN(C)C[C@H]1O[C@@H](c2cccc(-c3cccc(CN4C(=O)CC(NC(=O)OCc5ccccc5)C4=O)c3)c2)O[C@@H](c2ccc(CO)cc2)[C@H]1C. The van der Waals surface area contributed by atoms with E-state index in [1.807, 2.05) is 116 Å². The number of rotatable bonds is 13. The fraction of sp³-hybridized carbons (Fsp3) is 0.310. The van der Waals surface area contributed by atoms with Crippen molar-refractivity contribution in [2.24, 2.45) is 5.92 Å². The van der Waals surface area contributed by atoms with Crippen LogP contribution in [0.15, 0.2) is 116 Å². The molecule has 4 aromatic carbocycles. The van der Waals surface area contributed by atoms with E-state index in [4.69, 9.17) is 14.2 Å². The van der Waals surface area contributed by atoms with Crippen LogP contribution in [0.3, 0.4) is 0 Å². The zero-order valence-corrected chi connectivity index (χ0v) is 29.5. The number of likely N-dealkylation sites (tertiary alicyclic amines) is 1. The molecule has 0 aromatic heterocycles.